The Morgan fingerprint density at radius 2 is 1.76 bits per heavy atom. The lowest BCUT2D eigenvalue weighted by Gasteiger charge is -2.12. The van der Waals surface area contributed by atoms with Crippen molar-refractivity contribution in [1.82, 2.24) is 15.2 Å². The Kier molecular flexibility index (Phi) is 5.15. The monoisotopic (exact) mass is 357 g/mol. The summed E-state index contributed by atoms with van der Waals surface area (Å²) in [5.41, 5.74) is 1.52. The van der Waals surface area contributed by atoms with Crippen LogP contribution in [0.4, 0.5) is 23.1 Å². The van der Waals surface area contributed by atoms with Crippen LogP contribution in [0.1, 0.15) is 0 Å². The number of rotatable bonds is 6. The van der Waals surface area contributed by atoms with Crippen molar-refractivity contribution in [3.05, 3.63) is 53.7 Å². The number of aromatic nitrogens is 3. The quantitative estimate of drug-likeness (QED) is 0.689. The van der Waals surface area contributed by atoms with Crippen LogP contribution in [0.2, 0.25) is 5.02 Å². The molecule has 0 atom stereocenters. The van der Waals surface area contributed by atoms with Gasteiger partial charge in [-0.15, -0.1) is 5.10 Å². The number of benzene rings is 2. The Hall–Kier alpha value is -3.06. The minimum Gasteiger partial charge on any atom is -0.497 e. The second kappa shape index (κ2) is 7.67. The molecule has 0 bridgehead atoms. The first-order chi connectivity index (χ1) is 12.2. The first kappa shape index (κ1) is 16.8. The molecule has 0 spiro atoms. The molecule has 0 amide bonds. The fraction of sp³-hybridized carbons (Fsp3) is 0.118. The van der Waals surface area contributed by atoms with Crippen molar-refractivity contribution in [3.63, 3.8) is 0 Å². The number of halogens is 1. The van der Waals surface area contributed by atoms with Crippen LogP contribution in [0.5, 0.6) is 11.5 Å². The standard InChI is InChI=1S/C17H16ClN5O2/c1-24-13-7-8-15(25-2)14(9-13)21-17-22-16(10-19-23-17)20-12-5-3-11(18)4-6-12/h3-10H,1-2H3,(H2,20,21,22,23). The number of hydrogen-bond donors (Lipinski definition) is 2. The smallest absolute Gasteiger partial charge is 0.249 e. The largest absolute Gasteiger partial charge is 0.497 e. The maximum absolute atomic E-state index is 5.89. The minimum absolute atomic E-state index is 0.325. The summed E-state index contributed by atoms with van der Waals surface area (Å²) in [6, 6.07) is 12.7. The average Bonchev–Trinajstić information content (AvgIpc) is 2.64. The Bertz CT molecular complexity index is 858. The lowest BCUT2D eigenvalue weighted by atomic mass is 10.2. The van der Waals surface area contributed by atoms with Gasteiger partial charge in [0.05, 0.1) is 26.1 Å². The van der Waals surface area contributed by atoms with Gasteiger partial charge in [0.25, 0.3) is 0 Å². The van der Waals surface area contributed by atoms with E-state index >= 15 is 0 Å². The summed E-state index contributed by atoms with van der Waals surface area (Å²) >= 11 is 5.89. The normalized spacial score (nSPS) is 10.2. The Balaban J connectivity index is 1.81. The summed E-state index contributed by atoms with van der Waals surface area (Å²) in [7, 11) is 3.19. The summed E-state index contributed by atoms with van der Waals surface area (Å²) in [6.45, 7) is 0. The van der Waals surface area contributed by atoms with Crippen molar-refractivity contribution >= 4 is 34.7 Å². The molecule has 2 N–H and O–H groups in total. The molecule has 1 aromatic heterocycles. The van der Waals surface area contributed by atoms with E-state index in [-0.39, 0.29) is 0 Å². The third-order valence-electron chi connectivity index (χ3n) is 3.33. The Morgan fingerprint density at radius 1 is 0.960 bits per heavy atom. The molecule has 128 valence electrons. The molecule has 8 heteroatoms. The number of ether oxygens (including phenoxy) is 2. The van der Waals surface area contributed by atoms with E-state index in [4.69, 9.17) is 21.1 Å². The predicted molar refractivity (Wildman–Crippen MR) is 97.4 cm³/mol. The van der Waals surface area contributed by atoms with Crippen LogP contribution in [0, 0.1) is 0 Å². The van der Waals surface area contributed by atoms with Gasteiger partial charge in [-0.2, -0.15) is 10.1 Å². The number of nitrogens with zero attached hydrogens (tertiary/aromatic N) is 3. The van der Waals surface area contributed by atoms with Crippen LogP contribution in [0.25, 0.3) is 0 Å². The summed E-state index contributed by atoms with van der Waals surface area (Å²) < 4.78 is 10.6. The van der Waals surface area contributed by atoms with E-state index in [9.17, 15) is 0 Å². The van der Waals surface area contributed by atoms with Crippen molar-refractivity contribution in [1.29, 1.82) is 0 Å². The van der Waals surface area contributed by atoms with Gasteiger partial charge in [0.2, 0.25) is 5.95 Å². The van der Waals surface area contributed by atoms with Crippen LogP contribution in [-0.2, 0) is 0 Å². The predicted octanol–water partition coefficient (Wildman–Crippen LogP) is 4.03. The third kappa shape index (κ3) is 4.27. The summed E-state index contributed by atoms with van der Waals surface area (Å²) in [5, 5.41) is 14.8. The minimum atomic E-state index is 0.325. The van der Waals surface area contributed by atoms with Crippen molar-refractivity contribution in [2.24, 2.45) is 0 Å². The van der Waals surface area contributed by atoms with E-state index in [1.807, 2.05) is 18.2 Å². The van der Waals surface area contributed by atoms with Gasteiger partial charge in [-0.1, -0.05) is 11.6 Å². The van der Waals surface area contributed by atoms with Crippen LogP contribution >= 0.6 is 11.6 Å². The molecule has 0 saturated heterocycles. The van der Waals surface area contributed by atoms with Gasteiger partial charge in [-0.05, 0) is 36.4 Å². The molecule has 7 nitrogen and oxygen atoms in total. The highest BCUT2D eigenvalue weighted by molar-refractivity contribution is 6.30. The molecule has 0 aliphatic heterocycles. The highest BCUT2D eigenvalue weighted by atomic mass is 35.5. The Morgan fingerprint density at radius 3 is 2.48 bits per heavy atom. The maximum Gasteiger partial charge on any atom is 0.249 e. The SMILES string of the molecule is COc1ccc(OC)c(Nc2nncc(Nc3ccc(Cl)cc3)n2)c1. The van der Waals surface area contributed by atoms with Crippen LogP contribution in [0.3, 0.4) is 0 Å². The first-order valence-electron chi connectivity index (χ1n) is 7.39. The highest BCUT2D eigenvalue weighted by Crippen LogP contribution is 2.30. The number of hydrogen-bond acceptors (Lipinski definition) is 7. The van der Waals surface area contributed by atoms with Crippen molar-refractivity contribution in [2.45, 2.75) is 0 Å². The van der Waals surface area contributed by atoms with Crippen LogP contribution in [0.15, 0.2) is 48.7 Å². The van der Waals surface area contributed by atoms with Gasteiger partial charge < -0.3 is 20.1 Å². The fourth-order valence-electron chi connectivity index (χ4n) is 2.13. The number of anilines is 4. The van der Waals surface area contributed by atoms with E-state index < -0.39 is 0 Å². The molecule has 2 aromatic carbocycles. The Labute approximate surface area is 150 Å². The van der Waals surface area contributed by atoms with Gasteiger partial charge >= 0.3 is 0 Å². The second-order valence-electron chi connectivity index (χ2n) is 4.99. The molecule has 0 unspecified atom stereocenters. The zero-order chi connectivity index (χ0) is 17.6. The van der Waals surface area contributed by atoms with Gasteiger partial charge in [0.15, 0.2) is 5.82 Å². The molecule has 0 aliphatic carbocycles. The molecule has 3 rings (SSSR count). The lowest BCUT2D eigenvalue weighted by Crippen LogP contribution is -2.03. The second-order valence-corrected chi connectivity index (χ2v) is 5.42. The molecule has 1 heterocycles. The van der Waals surface area contributed by atoms with Gasteiger partial charge in [0.1, 0.15) is 11.5 Å². The molecule has 3 aromatic rings. The highest BCUT2D eigenvalue weighted by Gasteiger charge is 2.08. The summed E-state index contributed by atoms with van der Waals surface area (Å²) in [4.78, 5) is 4.39. The molecule has 0 saturated carbocycles. The molecular weight excluding hydrogens is 342 g/mol. The van der Waals surface area contributed by atoms with E-state index in [2.05, 4.69) is 25.8 Å². The van der Waals surface area contributed by atoms with Crippen LogP contribution in [-0.4, -0.2) is 29.4 Å². The van der Waals surface area contributed by atoms with E-state index in [1.165, 1.54) is 6.20 Å². The first-order valence-corrected chi connectivity index (χ1v) is 7.77. The van der Waals surface area contributed by atoms with Gasteiger partial charge in [0, 0.05) is 16.8 Å². The average molecular weight is 358 g/mol. The fourth-order valence-corrected chi connectivity index (χ4v) is 2.26. The van der Waals surface area contributed by atoms with Crippen molar-refractivity contribution in [2.75, 3.05) is 24.9 Å². The van der Waals surface area contributed by atoms with Crippen molar-refractivity contribution in [3.8, 4) is 11.5 Å². The summed E-state index contributed by atoms with van der Waals surface area (Å²) in [6.07, 6.45) is 1.53. The molecular formula is C17H16ClN5O2. The van der Waals surface area contributed by atoms with Gasteiger partial charge in [-0.25, -0.2) is 0 Å². The zero-order valence-electron chi connectivity index (χ0n) is 13.7. The summed E-state index contributed by atoms with van der Waals surface area (Å²) in [5.74, 6) is 2.19. The molecule has 0 radical (unpaired) electrons. The van der Waals surface area contributed by atoms with Crippen molar-refractivity contribution < 1.29 is 9.47 Å². The van der Waals surface area contributed by atoms with Gasteiger partial charge in [-0.3, -0.25) is 0 Å². The third-order valence-corrected chi connectivity index (χ3v) is 3.58. The van der Waals surface area contributed by atoms with E-state index in [1.54, 1.807) is 38.5 Å². The van der Waals surface area contributed by atoms with E-state index in [0.29, 0.717) is 34.0 Å². The number of nitrogens with one attached hydrogen (secondary N) is 2. The number of methoxy groups -OCH3 is 2. The topological polar surface area (TPSA) is 81.2 Å². The molecule has 0 aliphatic rings. The lowest BCUT2D eigenvalue weighted by molar-refractivity contribution is 0.405. The van der Waals surface area contributed by atoms with Crippen LogP contribution < -0.4 is 20.1 Å². The zero-order valence-corrected chi connectivity index (χ0v) is 14.4. The molecule has 0 fully saturated rings. The molecule has 25 heavy (non-hydrogen) atoms. The van der Waals surface area contributed by atoms with E-state index in [0.717, 1.165) is 5.69 Å². The maximum atomic E-state index is 5.89.